The number of likely N-dealkylation sites (tertiary alicyclic amines) is 2. The van der Waals surface area contributed by atoms with Crippen LogP contribution in [0.2, 0.25) is 0 Å². The lowest BCUT2D eigenvalue weighted by Gasteiger charge is -2.41. The van der Waals surface area contributed by atoms with E-state index in [4.69, 9.17) is 4.74 Å². The minimum atomic E-state index is -0.165. The topological polar surface area (TPSA) is 36.0 Å². The molecule has 3 unspecified atom stereocenters. The number of carbonyl (C=O) groups excluding carboxylic acids is 1. The highest BCUT2D eigenvalue weighted by Crippen LogP contribution is 2.47. The second-order valence-corrected chi connectivity index (χ2v) is 9.71. The highest BCUT2D eigenvalue weighted by Gasteiger charge is 2.48. The number of amides is 2. The number of fused-ring (bicyclic) bond motifs is 3. The Kier molecular flexibility index (Phi) is 4.72. The molecular weight excluding hydrogens is 369 g/mol. The van der Waals surface area contributed by atoms with Crippen molar-refractivity contribution in [3.05, 3.63) is 29.6 Å². The molecule has 5 nitrogen and oxygen atoms in total. The fraction of sp³-hybridized carbons (Fsp3) is 0.696. The summed E-state index contributed by atoms with van der Waals surface area (Å²) in [4.78, 5) is 19.1. The Morgan fingerprint density at radius 3 is 2.76 bits per heavy atom. The SMILES string of the molecule is CN(C)C(=O)N1CCCC2CC(N3CCC4(CC3)COc3ccc(F)cc34)CC21. The highest BCUT2D eigenvalue weighted by atomic mass is 19.1. The molecule has 0 bridgehead atoms. The molecule has 2 amide bonds. The Labute approximate surface area is 172 Å². The molecule has 1 aromatic carbocycles. The van der Waals surface area contributed by atoms with Crippen LogP contribution in [0.15, 0.2) is 18.2 Å². The molecule has 6 heteroatoms. The Balaban J connectivity index is 1.26. The molecular formula is C23H32FN3O2. The molecule has 29 heavy (non-hydrogen) atoms. The van der Waals surface area contributed by atoms with Gasteiger partial charge in [-0.25, -0.2) is 9.18 Å². The van der Waals surface area contributed by atoms with E-state index in [0.29, 0.717) is 24.6 Å². The summed E-state index contributed by atoms with van der Waals surface area (Å²) in [5, 5.41) is 0. The van der Waals surface area contributed by atoms with Gasteiger partial charge < -0.3 is 19.4 Å². The largest absolute Gasteiger partial charge is 0.492 e. The zero-order valence-corrected chi connectivity index (χ0v) is 17.6. The van der Waals surface area contributed by atoms with Crippen molar-refractivity contribution in [2.45, 2.75) is 56.0 Å². The lowest BCUT2D eigenvalue weighted by atomic mass is 9.74. The summed E-state index contributed by atoms with van der Waals surface area (Å²) < 4.78 is 19.8. The third-order valence-electron chi connectivity index (χ3n) is 7.92. The third-order valence-corrected chi connectivity index (χ3v) is 7.92. The maximum Gasteiger partial charge on any atom is 0.319 e. The van der Waals surface area contributed by atoms with Gasteiger partial charge in [0.2, 0.25) is 0 Å². The Morgan fingerprint density at radius 2 is 2.00 bits per heavy atom. The lowest BCUT2D eigenvalue weighted by molar-refractivity contribution is 0.0952. The molecule has 3 heterocycles. The van der Waals surface area contributed by atoms with E-state index >= 15 is 0 Å². The van der Waals surface area contributed by atoms with E-state index < -0.39 is 0 Å². The van der Waals surface area contributed by atoms with Gasteiger partial charge in [0.15, 0.2) is 0 Å². The Bertz CT molecular complexity index is 790. The molecule has 3 aliphatic heterocycles. The number of piperidine rings is 2. The number of halogens is 1. The van der Waals surface area contributed by atoms with Gasteiger partial charge in [0.1, 0.15) is 11.6 Å². The van der Waals surface area contributed by atoms with Crippen molar-refractivity contribution in [2.24, 2.45) is 5.92 Å². The van der Waals surface area contributed by atoms with Gasteiger partial charge in [0, 0.05) is 43.7 Å². The van der Waals surface area contributed by atoms with Crippen LogP contribution in [0.3, 0.4) is 0 Å². The summed E-state index contributed by atoms with van der Waals surface area (Å²) >= 11 is 0. The molecule has 158 valence electrons. The predicted molar refractivity (Wildman–Crippen MR) is 110 cm³/mol. The number of hydrogen-bond donors (Lipinski definition) is 0. The summed E-state index contributed by atoms with van der Waals surface area (Å²) in [7, 11) is 3.71. The zero-order chi connectivity index (χ0) is 20.2. The smallest absolute Gasteiger partial charge is 0.319 e. The van der Waals surface area contributed by atoms with E-state index in [1.54, 1.807) is 17.0 Å². The molecule has 0 aromatic heterocycles. The Hall–Kier alpha value is -1.82. The first kappa shape index (κ1) is 19.2. The zero-order valence-electron chi connectivity index (χ0n) is 17.6. The van der Waals surface area contributed by atoms with Crippen molar-refractivity contribution in [1.29, 1.82) is 0 Å². The third kappa shape index (κ3) is 3.20. The van der Waals surface area contributed by atoms with Crippen LogP contribution < -0.4 is 4.74 Å². The first-order valence-corrected chi connectivity index (χ1v) is 11.1. The lowest BCUT2D eigenvalue weighted by Crippen LogP contribution is -2.50. The van der Waals surface area contributed by atoms with Gasteiger partial charge in [-0.15, -0.1) is 0 Å². The number of ether oxygens (including phenoxy) is 1. The minimum absolute atomic E-state index is 0.0216. The summed E-state index contributed by atoms with van der Waals surface area (Å²) in [6.07, 6.45) is 6.72. The first-order valence-electron chi connectivity index (χ1n) is 11.1. The van der Waals surface area contributed by atoms with Crippen molar-refractivity contribution >= 4 is 6.03 Å². The summed E-state index contributed by atoms with van der Waals surface area (Å²) in [6.45, 7) is 3.64. The van der Waals surface area contributed by atoms with E-state index in [-0.39, 0.29) is 17.3 Å². The predicted octanol–water partition coefficient (Wildman–Crippen LogP) is 3.48. The molecule has 0 radical (unpaired) electrons. The maximum absolute atomic E-state index is 13.8. The molecule has 4 aliphatic rings. The first-order chi connectivity index (χ1) is 14.0. The van der Waals surface area contributed by atoms with Gasteiger partial charge in [-0.05, 0) is 75.7 Å². The van der Waals surface area contributed by atoms with Gasteiger partial charge >= 0.3 is 6.03 Å². The van der Waals surface area contributed by atoms with Crippen molar-refractivity contribution in [2.75, 3.05) is 40.3 Å². The average Bonchev–Trinajstić information content (AvgIpc) is 3.30. The molecule has 0 N–H and O–H groups in total. The number of rotatable bonds is 1. The van der Waals surface area contributed by atoms with E-state index in [1.165, 1.54) is 18.9 Å². The summed E-state index contributed by atoms with van der Waals surface area (Å²) in [5.41, 5.74) is 1.05. The molecule has 2 saturated heterocycles. The highest BCUT2D eigenvalue weighted by molar-refractivity contribution is 5.74. The fourth-order valence-corrected chi connectivity index (χ4v) is 6.32. The second-order valence-electron chi connectivity index (χ2n) is 9.71. The van der Waals surface area contributed by atoms with Crippen LogP contribution in [0.1, 0.15) is 44.1 Å². The normalized spacial score (nSPS) is 30.7. The van der Waals surface area contributed by atoms with E-state index in [9.17, 15) is 9.18 Å². The van der Waals surface area contributed by atoms with Crippen LogP contribution in [0, 0.1) is 11.7 Å². The monoisotopic (exact) mass is 401 g/mol. The van der Waals surface area contributed by atoms with Gasteiger partial charge in [-0.2, -0.15) is 0 Å². The van der Waals surface area contributed by atoms with Crippen LogP contribution in [-0.2, 0) is 5.41 Å². The number of benzene rings is 1. The Morgan fingerprint density at radius 1 is 1.21 bits per heavy atom. The molecule has 1 saturated carbocycles. The average molecular weight is 402 g/mol. The molecule has 1 aliphatic carbocycles. The molecule has 1 spiro atoms. The molecule has 1 aromatic rings. The summed E-state index contributed by atoms with van der Waals surface area (Å²) in [5.74, 6) is 1.34. The molecule has 5 rings (SSSR count). The fourth-order valence-electron chi connectivity index (χ4n) is 6.32. The maximum atomic E-state index is 13.8. The summed E-state index contributed by atoms with van der Waals surface area (Å²) in [6, 6.07) is 6.08. The van der Waals surface area contributed by atoms with Gasteiger partial charge in [0.05, 0.1) is 6.61 Å². The van der Waals surface area contributed by atoms with Crippen molar-refractivity contribution in [3.8, 4) is 5.75 Å². The minimum Gasteiger partial charge on any atom is -0.492 e. The van der Waals surface area contributed by atoms with E-state index in [0.717, 1.165) is 56.6 Å². The number of hydrogen-bond acceptors (Lipinski definition) is 3. The number of nitrogens with zero attached hydrogens (tertiary/aromatic N) is 3. The van der Waals surface area contributed by atoms with Crippen molar-refractivity contribution in [1.82, 2.24) is 14.7 Å². The quantitative estimate of drug-likeness (QED) is 0.723. The van der Waals surface area contributed by atoms with Crippen molar-refractivity contribution in [3.63, 3.8) is 0 Å². The van der Waals surface area contributed by atoms with Crippen LogP contribution in [-0.4, -0.2) is 73.2 Å². The molecule has 3 atom stereocenters. The number of urea groups is 1. The standard InChI is InChI=1S/C23H32FN3O2/c1-25(2)22(28)27-9-3-4-16-12-18(14-20(16)27)26-10-7-23(8-11-26)15-29-21-6-5-17(24)13-19(21)23/h5-6,13,16,18,20H,3-4,7-12,14-15H2,1-2H3. The van der Waals surface area contributed by atoms with Crippen LogP contribution >= 0.6 is 0 Å². The molecule has 3 fully saturated rings. The van der Waals surface area contributed by atoms with Crippen LogP contribution in [0.5, 0.6) is 5.75 Å². The van der Waals surface area contributed by atoms with Gasteiger partial charge in [-0.1, -0.05) is 0 Å². The van der Waals surface area contributed by atoms with E-state index in [1.807, 2.05) is 14.1 Å². The van der Waals surface area contributed by atoms with Crippen molar-refractivity contribution < 1.29 is 13.9 Å². The van der Waals surface area contributed by atoms with Gasteiger partial charge in [0.25, 0.3) is 0 Å². The van der Waals surface area contributed by atoms with Crippen LogP contribution in [0.4, 0.5) is 9.18 Å². The van der Waals surface area contributed by atoms with Crippen LogP contribution in [0.25, 0.3) is 0 Å². The van der Waals surface area contributed by atoms with E-state index in [2.05, 4.69) is 9.80 Å². The van der Waals surface area contributed by atoms with Gasteiger partial charge in [-0.3, -0.25) is 0 Å². The number of carbonyl (C=O) groups is 1. The second kappa shape index (κ2) is 7.15.